The molecule has 3 aromatic rings. The molecule has 0 spiro atoms. The van der Waals surface area contributed by atoms with Crippen LogP contribution in [0.3, 0.4) is 0 Å². The maximum atomic E-state index is 12.9. The van der Waals surface area contributed by atoms with Gasteiger partial charge in [0.15, 0.2) is 17.3 Å². The summed E-state index contributed by atoms with van der Waals surface area (Å²) in [7, 11) is 0. The molecule has 0 bridgehead atoms. The number of aromatic nitrogens is 5. The molecule has 0 saturated heterocycles. The SMILES string of the molecule is Cc1nc(C(C)NC(=O)c2cc(OC(F)(F)F)cc(C3CC3)c2)n(-c2cnc(C(=O)O)cn2)n1. The van der Waals surface area contributed by atoms with Crippen LogP contribution in [0.2, 0.25) is 0 Å². The van der Waals surface area contributed by atoms with E-state index < -0.39 is 30.0 Å². The zero-order valence-corrected chi connectivity index (χ0v) is 18.0. The van der Waals surface area contributed by atoms with Crippen LogP contribution in [-0.2, 0) is 0 Å². The largest absolute Gasteiger partial charge is 0.573 e. The maximum absolute atomic E-state index is 12.9. The summed E-state index contributed by atoms with van der Waals surface area (Å²) < 4.78 is 43.6. The summed E-state index contributed by atoms with van der Waals surface area (Å²) in [5.74, 6) is -1.41. The van der Waals surface area contributed by atoms with Crippen molar-refractivity contribution in [2.75, 3.05) is 0 Å². The number of benzene rings is 1. The van der Waals surface area contributed by atoms with Gasteiger partial charge in [-0.3, -0.25) is 4.79 Å². The minimum atomic E-state index is -4.88. The molecule has 10 nitrogen and oxygen atoms in total. The summed E-state index contributed by atoms with van der Waals surface area (Å²) in [6.07, 6.45) is -0.953. The second-order valence-electron chi connectivity index (χ2n) is 7.80. The van der Waals surface area contributed by atoms with Crippen LogP contribution in [0.5, 0.6) is 5.75 Å². The van der Waals surface area contributed by atoms with Gasteiger partial charge in [0.05, 0.1) is 18.4 Å². The Labute approximate surface area is 190 Å². The van der Waals surface area contributed by atoms with Crippen LogP contribution in [-0.4, -0.2) is 48.1 Å². The van der Waals surface area contributed by atoms with Crippen molar-refractivity contribution < 1.29 is 32.6 Å². The van der Waals surface area contributed by atoms with E-state index >= 15 is 0 Å². The first-order valence-electron chi connectivity index (χ1n) is 10.2. The molecule has 1 atom stereocenters. The summed E-state index contributed by atoms with van der Waals surface area (Å²) in [5, 5.41) is 15.9. The minimum Gasteiger partial charge on any atom is -0.476 e. The van der Waals surface area contributed by atoms with E-state index in [9.17, 15) is 22.8 Å². The fourth-order valence-corrected chi connectivity index (χ4v) is 3.36. The zero-order valence-electron chi connectivity index (χ0n) is 18.0. The second kappa shape index (κ2) is 8.72. The number of carbonyl (C=O) groups excluding carboxylic acids is 1. The van der Waals surface area contributed by atoms with E-state index in [0.29, 0.717) is 11.4 Å². The van der Waals surface area contributed by atoms with E-state index in [1.807, 2.05) is 0 Å². The third-order valence-electron chi connectivity index (χ3n) is 5.02. The number of carboxylic acids is 1. The van der Waals surface area contributed by atoms with Gasteiger partial charge in [-0.05, 0) is 56.4 Å². The third kappa shape index (κ3) is 5.30. The summed E-state index contributed by atoms with van der Waals surface area (Å²) in [6, 6.07) is 3.15. The van der Waals surface area contributed by atoms with Crippen molar-refractivity contribution in [3.8, 4) is 11.6 Å². The smallest absolute Gasteiger partial charge is 0.476 e. The van der Waals surface area contributed by atoms with Crippen LogP contribution >= 0.6 is 0 Å². The number of halogens is 3. The molecule has 4 rings (SSSR count). The lowest BCUT2D eigenvalue weighted by atomic mass is 10.1. The van der Waals surface area contributed by atoms with Crippen molar-refractivity contribution in [3.63, 3.8) is 0 Å². The highest BCUT2D eigenvalue weighted by Gasteiger charge is 2.33. The average molecular weight is 476 g/mol. The molecule has 178 valence electrons. The van der Waals surface area contributed by atoms with Gasteiger partial charge in [0.2, 0.25) is 0 Å². The van der Waals surface area contributed by atoms with Crippen molar-refractivity contribution in [1.29, 1.82) is 0 Å². The average Bonchev–Trinajstić information content (AvgIpc) is 3.53. The van der Waals surface area contributed by atoms with Crippen LogP contribution in [0.4, 0.5) is 13.2 Å². The van der Waals surface area contributed by atoms with Crippen molar-refractivity contribution >= 4 is 11.9 Å². The maximum Gasteiger partial charge on any atom is 0.573 e. The zero-order chi connectivity index (χ0) is 24.6. The molecule has 1 aliphatic rings. The van der Waals surface area contributed by atoms with Gasteiger partial charge in [-0.15, -0.1) is 18.3 Å². The normalized spacial score (nSPS) is 14.5. The van der Waals surface area contributed by atoms with Gasteiger partial charge in [-0.2, -0.15) is 4.68 Å². The molecule has 0 radical (unpaired) electrons. The van der Waals surface area contributed by atoms with E-state index in [2.05, 4.69) is 30.1 Å². The fourth-order valence-electron chi connectivity index (χ4n) is 3.36. The van der Waals surface area contributed by atoms with E-state index in [1.165, 1.54) is 16.9 Å². The van der Waals surface area contributed by atoms with Crippen molar-refractivity contribution in [3.05, 3.63) is 59.1 Å². The summed E-state index contributed by atoms with van der Waals surface area (Å²) >= 11 is 0. The molecule has 1 aliphatic carbocycles. The molecule has 34 heavy (non-hydrogen) atoms. The van der Waals surface area contributed by atoms with Crippen LogP contribution in [0, 0.1) is 6.92 Å². The number of aromatic carboxylic acids is 1. The van der Waals surface area contributed by atoms with Crippen LogP contribution in [0.25, 0.3) is 5.82 Å². The van der Waals surface area contributed by atoms with E-state index in [4.69, 9.17) is 5.11 Å². The topological polar surface area (TPSA) is 132 Å². The Morgan fingerprint density at radius 2 is 1.94 bits per heavy atom. The quantitative estimate of drug-likeness (QED) is 0.531. The first-order chi connectivity index (χ1) is 16.0. The Morgan fingerprint density at radius 1 is 1.21 bits per heavy atom. The number of rotatable bonds is 7. The molecule has 1 amide bonds. The molecule has 1 fully saturated rings. The predicted octanol–water partition coefficient (Wildman–Crippen LogP) is 3.33. The van der Waals surface area contributed by atoms with Crippen LogP contribution in [0.1, 0.15) is 69.8 Å². The number of hydrogen-bond donors (Lipinski definition) is 2. The second-order valence-corrected chi connectivity index (χ2v) is 7.80. The minimum absolute atomic E-state index is 0.0175. The van der Waals surface area contributed by atoms with Gasteiger partial charge >= 0.3 is 12.3 Å². The molecule has 2 N–H and O–H groups in total. The number of ether oxygens (including phenoxy) is 1. The lowest BCUT2D eigenvalue weighted by molar-refractivity contribution is -0.274. The lowest BCUT2D eigenvalue weighted by Crippen LogP contribution is -2.29. The Kier molecular flexibility index (Phi) is 5.94. The van der Waals surface area contributed by atoms with E-state index in [-0.39, 0.29) is 28.8 Å². The first kappa shape index (κ1) is 23.1. The summed E-state index contributed by atoms with van der Waals surface area (Å²) in [5.41, 5.74) is 0.368. The summed E-state index contributed by atoms with van der Waals surface area (Å²) in [4.78, 5) is 36.0. The van der Waals surface area contributed by atoms with E-state index in [1.54, 1.807) is 19.9 Å². The van der Waals surface area contributed by atoms with Gasteiger partial charge in [-0.25, -0.2) is 19.7 Å². The number of hydrogen-bond acceptors (Lipinski definition) is 7. The Hall–Kier alpha value is -4.03. The molecule has 2 heterocycles. The van der Waals surface area contributed by atoms with E-state index in [0.717, 1.165) is 25.1 Å². The number of carboxylic acid groups (broad SMARTS) is 1. The lowest BCUT2D eigenvalue weighted by Gasteiger charge is -2.16. The van der Waals surface area contributed by atoms with Gasteiger partial charge in [0.1, 0.15) is 11.6 Å². The van der Waals surface area contributed by atoms with Crippen LogP contribution in [0.15, 0.2) is 30.6 Å². The van der Waals surface area contributed by atoms with Gasteiger partial charge in [-0.1, -0.05) is 0 Å². The summed E-state index contributed by atoms with van der Waals surface area (Å²) in [6.45, 7) is 3.24. The number of amides is 1. The molecule has 13 heteroatoms. The first-order valence-corrected chi connectivity index (χ1v) is 10.2. The third-order valence-corrected chi connectivity index (χ3v) is 5.02. The Balaban J connectivity index is 1.58. The standard InChI is InChI=1S/C21H19F3N6O4/c1-10(18-28-11(2)29-30(18)17-9-25-16(8-26-17)20(32)33)27-19(31)14-5-13(12-3-4-12)6-15(7-14)34-21(22,23)24/h5-10,12H,3-4H2,1-2H3,(H,27,31)(H,32,33). The van der Waals surface area contributed by atoms with Gasteiger partial charge < -0.3 is 15.2 Å². The molecule has 1 unspecified atom stereocenters. The predicted molar refractivity (Wildman–Crippen MR) is 110 cm³/mol. The number of aryl methyl sites for hydroxylation is 1. The fraction of sp³-hybridized carbons (Fsp3) is 0.333. The number of nitrogens with one attached hydrogen (secondary N) is 1. The monoisotopic (exact) mass is 476 g/mol. The molecule has 1 saturated carbocycles. The highest BCUT2D eigenvalue weighted by atomic mass is 19.4. The Morgan fingerprint density at radius 3 is 2.53 bits per heavy atom. The molecule has 1 aromatic carbocycles. The number of nitrogens with zero attached hydrogens (tertiary/aromatic N) is 5. The number of alkyl halides is 3. The van der Waals surface area contributed by atoms with Gasteiger partial charge in [0, 0.05) is 5.56 Å². The molecule has 0 aliphatic heterocycles. The van der Waals surface area contributed by atoms with Crippen molar-refractivity contribution in [1.82, 2.24) is 30.0 Å². The van der Waals surface area contributed by atoms with Crippen molar-refractivity contribution in [2.24, 2.45) is 0 Å². The van der Waals surface area contributed by atoms with Crippen LogP contribution < -0.4 is 10.1 Å². The molecular formula is C21H19F3N6O4. The highest BCUT2D eigenvalue weighted by molar-refractivity contribution is 5.95. The number of carbonyl (C=O) groups is 2. The highest BCUT2D eigenvalue weighted by Crippen LogP contribution is 2.42. The molecular weight excluding hydrogens is 457 g/mol. The molecule has 2 aromatic heterocycles. The van der Waals surface area contributed by atoms with Crippen molar-refractivity contribution in [2.45, 2.75) is 45.0 Å². The Bertz CT molecular complexity index is 1240. The van der Waals surface area contributed by atoms with Gasteiger partial charge in [0.25, 0.3) is 5.91 Å².